The average molecular weight is 446 g/mol. The van der Waals surface area contributed by atoms with Crippen molar-refractivity contribution in [1.82, 2.24) is 24.8 Å². The predicted octanol–water partition coefficient (Wildman–Crippen LogP) is 2.28. The zero-order valence-electron chi connectivity index (χ0n) is 18.6. The predicted molar refractivity (Wildman–Crippen MR) is 121 cm³/mol. The second-order valence-electron chi connectivity index (χ2n) is 8.50. The number of pyridine rings is 3. The van der Waals surface area contributed by atoms with Crippen molar-refractivity contribution in [3.63, 3.8) is 0 Å². The molecule has 2 aliphatic heterocycles. The lowest BCUT2D eigenvalue weighted by Gasteiger charge is -2.42. The number of likely N-dealkylation sites (tertiary alicyclic amines) is 1. The van der Waals surface area contributed by atoms with Crippen LogP contribution in [0.1, 0.15) is 22.6 Å². The van der Waals surface area contributed by atoms with Gasteiger partial charge in [0.1, 0.15) is 0 Å². The van der Waals surface area contributed by atoms with Gasteiger partial charge in [0.05, 0.1) is 13.7 Å². The van der Waals surface area contributed by atoms with Crippen molar-refractivity contribution in [1.29, 1.82) is 0 Å². The van der Waals surface area contributed by atoms with Gasteiger partial charge < -0.3 is 14.4 Å². The fourth-order valence-corrected chi connectivity index (χ4v) is 4.95. The SMILES string of the molecule is COc1ncccc1CN1C[C@@H](c2cccnc2)[C@@]2(C1)OCCN(Cc1ccncc1)C2=O. The van der Waals surface area contributed by atoms with Gasteiger partial charge >= 0.3 is 0 Å². The lowest BCUT2D eigenvalue weighted by Crippen LogP contribution is -2.59. The van der Waals surface area contributed by atoms with Gasteiger partial charge in [-0.15, -0.1) is 0 Å². The van der Waals surface area contributed by atoms with Gasteiger partial charge in [-0.2, -0.15) is 0 Å². The Morgan fingerprint density at radius 2 is 1.94 bits per heavy atom. The second kappa shape index (κ2) is 9.25. The molecular weight excluding hydrogens is 418 g/mol. The molecule has 3 aromatic heterocycles. The van der Waals surface area contributed by atoms with E-state index in [4.69, 9.17) is 9.47 Å². The third-order valence-corrected chi connectivity index (χ3v) is 6.48. The van der Waals surface area contributed by atoms with Gasteiger partial charge in [-0.05, 0) is 35.4 Å². The summed E-state index contributed by atoms with van der Waals surface area (Å²) >= 11 is 0. The lowest BCUT2D eigenvalue weighted by molar-refractivity contribution is -0.173. The molecule has 33 heavy (non-hydrogen) atoms. The van der Waals surface area contributed by atoms with E-state index in [-0.39, 0.29) is 11.8 Å². The highest BCUT2D eigenvalue weighted by Gasteiger charge is 2.57. The summed E-state index contributed by atoms with van der Waals surface area (Å²) in [4.78, 5) is 30.9. The van der Waals surface area contributed by atoms with E-state index >= 15 is 0 Å². The highest BCUT2D eigenvalue weighted by Crippen LogP contribution is 2.42. The molecule has 1 spiro atoms. The van der Waals surface area contributed by atoms with E-state index in [1.807, 2.05) is 47.5 Å². The maximum absolute atomic E-state index is 14.0. The normalized spacial score (nSPS) is 23.2. The quantitative estimate of drug-likeness (QED) is 0.576. The smallest absolute Gasteiger partial charge is 0.257 e. The van der Waals surface area contributed by atoms with Crippen LogP contribution in [0.4, 0.5) is 0 Å². The van der Waals surface area contributed by atoms with Crippen LogP contribution in [0, 0.1) is 0 Å². The van der Waals surface area contributed by atoms with Crippen LogP contribution < -0.4 is 4.74 Å². The summed E-state index contributed by atoms with van der Waals surface area (Å²) in [6.45, 7) is 3.41. The molecule has 0 radical (unpaired) electrons. The van der Waals surface area contributed by atoms with E-state index < -0.39 is 5.60 Å². The molecule has 8 heteroatoms. The van der Waals surface area contributed by atoms with E-state index in [0.29, 0.717) is 45.2 Å². The minimum Gasteiger partial charge on any atom is -0.481 e. The number of methoxy groups -OCH3 is 1. The highest BCUT2D eigenvalue weighted by atomic mass is 16.5. The van der Waals surface area contributed by atoms with E-state index in [2.05, 4.69) is 19.9 Å². The summed E-state index contributed by atoms with van der Waals surface area (Å²) in [5.74, 6) is 0.508. The molecular formula is C25H27N5O3. The molecule has 5 heterocycles. The highest BCUT2D eigenvalue weighted by molar-refractivity contribution is 5.88. The Hall–Kier alpha value is -3.36. The maximum Gasteiger partial charge on any atom is 0.257 e. The van der Waals surface area contributed by atoms with Crippen molar-refractivity contribution >= 4 is 5.91 Å². The van der Waals surface area contributed by atoms with Gasteiger partial charge in [0, 0.05) is 75.2 Å². The first-order chi connectivity index (χ1) is 16.2. The Bertz CT molecular complexity index is 1100. The van der Waals surface area contributed by atoms with Crippen molar-refractivity contribution < 1.29 is 14.3 Å². The molecule has 0 bridgehead atoms. The summed E-state index contributed by atoms with van der Waals surface area (Å²) in [6.07, 6.45) is 8.83. The fourth-order valence-electron chi connectivity index (χ4n) is 4.95. The van der Waals surface area contributed by atoms with Crippen molar-refractivity contribution in [2.45, 2.75) is 24.6 Å². The van der Waals surface area contributed by atoms with E-state index in [0.717, 1.165) is 16.7 Å². The van der Waals surface area contributed by atoms with Crippen LogP contribution in [0.25, 0.3) is 0 Å². The molecule has 170 valence electrons. The molecule has 1 amide bonds. The van der Waals surface area contributed by atoms with Gasteiger partial charge in [0.15, 0.2) is 5.60 Å². The number of nitrogens with zero attached hydrogens (tertiary/aromatic N) is 5. The summed E-state index contributed by atoms with van der Waals surface area (Å²) in [6, 6.07) is 11.8. The van der Waals surface area contributed by atoms with Gasteiger partial charge in [-0.3, -0.25) is 19.7 Å². The van der Waals surface area contributed by atoms with Crippen LogP contribution >= 0.6 is 0 Å². The summed E-state index contributed by atoms with van der Waals surface area (Å²) in [5, 5.41) is 0. The molecule has 2 saturated heterocycles. The minimum absolute atomic E-state index is 0.0278. The third-order valence-electron chi connectivity index (χ3n) is 6.48. The Balaban J connectivity index is 1.45. The van der Waals surface area contributed by atoms with Gasteiger partial charge in [-0.1, -0.05) is 12.1 Å². The minimum atomic E-state index is -0.955. The molecule has 2 aliphatic rings. The molecule has 2 fully saturated rings. The zero-order valence-corrected chi connectivity index (χ0v) is 18.6. The van der Waals surface area contributed by atoms with Crippen LogP contribution in [0.2, 0.25) is 0 Å². The number of hydrogen-bond donors (Lipinski definition) is 0. The first-order valence-corrected chi connectivity index (χ1v) is 11.1. The summed E-state index contributed by atoms with van der Waals surface area (Å²) in [5.41, 5.74) is 2.10. The monoisotopic (exact) mass is 445 g/mol. The number of rotatable bonds is 6. The van der Waals surface area contributed by atoms with Crippen LogP contribution in [-0.4, -0.2) is 69.6 Å². The molecule has 3 aromatic rings. The van der Waals surface area contributed by atoms with Crippen molar-refractivity contribution in [2.75, 3.05) is 33.4 Å². The standard InChI is InChI=1S/C25H27N5O3/c1-32-23-21(5-3-9-28-23)16-29-17-22(20-4-2-8-27-14-20)25(18-29)24(31)30(12-13-33-25)15-19-6-10-26-11-7-19/h2-11,14,22H,12-13,15-18H2,1H3/t22-,25+/m0/s1. The Kier molecular flexibility index (Phi) is 6.02. The van der Waals surface area contributed by atoms with E-state index in [9.17, 15) is 4.79 Å². The lowest BCUT2D eigenvalue weighted by atomic mass is 9.83. The van der Waals surface area contributed by atoms with Gasteiger partial charge in [-0.25, -0.2) is 4.98 Å². The maximum atomic E-state index is 14.0. The molecule has 0 aromatic carbocycles. The van der Waals surface area contributed by atoms with Crippen molar-refractivity contribution in [3.05, 3.63) is 84.1 Å². The van der Waals surface area contributed by atoms with Crippen molar-refractivity contribution in [3.8, 4) is 5.88 Å². The van der Waals surface area contributed by atoms with Crippen LogP contribution in [0.3, 0.4) is 0 Å². The number of amides is 1. The first kappa shape index (κ1) is 21.5. The number of carbonyl (C=O) groups excluding carboxylic acids is 1. The van der Waals surface area contributed by atoms with Crippen LogP contribution in [-0.2, 0) is 22.6 Å². The van der Waals surface area contributed by atoms with Crippen LogP contribution in [0.5, 0.6) is 5.88 Å². The van der Waals surface area contributed by atoms with E-state index in [1.54, 1.807) is 31.9 Å². The van der Waals surface area contributed by atoms with E-state index in [1.165, 1.54) is 0 Å². The Morgan fingerprint density at radius 1 is 1.09 bits per heavy atom. The molecule has 0 unspecified atom stereocenters. The molecule has 5 rings (SSSR count). The molecule has 2 atom stereocenters. The van der Waals surface area contributed by atoms with Gasteiger partial charge in [0.25, 0.3) is 5.91 Å². The molecule has 8 nitrogen and oxygen atoms in total. The number of hydrogen-bond acceptors (Lipinski definition) is 7. The topological polar surface area (TPSA) is 80.7 Å². The first-order valence-electron chi connectivity index (χ1n) is 11.1. The molecule has 0 aliphatic carbocycles. The Labute approximate surface area is 193 Å². The largest absolute Gasteiger partial charge is 0.481 e. The summed E-state index contributed by atoms with van der Waals surface area (Å²) < 4.78 is 11.8. The fraction of sp³-hybridized carbons (Fsp3) is 0.360. The number of ether oxygens (including phenoxy) is 2. The zero-order chi connectivity index (χ0) is 22.7. The Morgan fingerprint density at radius 3 is 2.73 bits per heavy atom. The third kappa shape index (κ3) is 4.19. The van der Waals surface area contributed by atoms with Crippen LogP contribution in [0.15, 0.2) is 67.4 Å². The van der Waals surface area contributed by atoms with Gasteiger partial charge in [0.2, 0.25) is 5.88 Å². The number of morpholine rings is 1. The van der Waals surface area contributed by atoms with Crippen molar-refractivity contribution in [2.24, 2.45) is 0 Å². The second-order valence-corrected chi connectivity index (χ2v) is 8.50. The molecule has 0 saturated carbocycles. The summed E-state index contributed by atoms with van der Waals surface area (Å²) in [7, 11) is 1.63. The number of aromatic nitrogens is 3. The number of carbonyl (C=O) groups is 1. The molecule has 0 N–H and O–H groups in total. The average Bonchev–Trinajstić information content (AvgIpc) is 3.22.